The van der Waals surface area contributed by atoms with Crippen molar-refractivity contribution in [3.8, 4) is 0 Å². The molecule has 1 heterocycles. The van der Waals surface area contributed by atoms with E-state index in [9.17, 15) is 19.5 Å². The third kappa shape index (κ3) is 3.92. The van der Waals surface area contributed by atoms with Gasteiger partial charge in [-0.3, -0.25) is 19.0 Å². The molecule has 7 heteroatoms. The standard InChI is InChI=1S/C19H25N3O4/c1-4-19(5-2,18(25)26)11-20-15(23)9-10-22-12-21-16-13(3)7-6-8-14(16)17(22)24/h6-8,12H,4-5,9-11H2,1-3H3,(H,20,23)(H,25,26). The van der Waals surface area contributed by atoms with Gasteiger partial charge in [-0.15, -0.1) is 0 Å². The van der Waals surface area contributed by atoms with E-state index in [-0.39, 0.29) is 31.0 Å². The molecule has 2 N–H and O–H groups in total. The van der Waals surface area contributed by atoms with Gasteiger partial charge in [0.2, 0.25) is 5.91 Å². The van der Waals surface area contributed by atoms with Crippen LogP contribution in [0.15, 0.2) is 29.3 Å². The van der Waals surface area contributed by atoms with Crippen LogP contribution in [0.4, 0.5) is 0 Å². The van der Waals surface area contributed by atoms with Gasteiger partial charge in [0.15, 0.2) is 0 Å². The van der Waals surface area contributed by atoms with Crippen LogP contribution in [0.5, 0.6) is 0 Å². The lowest BCUT2D eigenvalue weighted by Crippen LogP contribution is -2.42. The molecule has 2 aromatic rings. The first-order valence-corrected chi connectivity index (χ1v) is 8.79. The molecule has 2 rings (SSSR count). The molecule has 0 fully saturated rings. The summed E-state index contributed by atoms with van der Waals surface area (Å²) < 4.78 is 1.41. The predicted octanol–water partition coefficient (Wildman–Crippen LogP) is 2.10. The topological polar surface area (TPSA) is 101 Å². The maximum Gasteiger partial charge on any atom is 0.311 e. The van der Waals surface area contributed by atoms with Crippen molar-refractivity contribution in [2.75, 3.05) is 6.54 Å². The number of nitrogens with zero attached hydrogens (tertiary/aromatic N) is 2. The number of carboxylic acid groups (broad SMARTS) is 1. The van der Waals surface area contributed by atoms with Gasteiger partial charge in [0.1, 0.15) is 0 Å². The van der Waals surface area contributed by atoms with Crippen molar-refractivity contribution >= 4 is 22.8 Å². The van der Waals surface area contributed by atoms with Crippen LogP contribution in [0.3, 0.4) is 0 Å². The smallest absolute Gasteiger partial charge is 0.311 e. The van der Waals surface area contributed by atoms with Crippen molar-refractivity contribution in [1.29, 1.82) is 0 Å². The molecule has 1 aromatic carbocycles. The zero-order valence-corrected chi connectivity index (χ0v) is 15.4. The van der Waals surface area contributed by atoms with E-state index < -0.39 is 11.4 Å². The third-order valence-electron chi connectivity index (χ3n) is 5.07. The lowest BCUT2D eigenvalue weighted by Gasteiger charge is -2.26. The molecule has 1 aromatic heterocycles. The molecule has 0 aliphatic heterocycles. The van der Waals surface area contributed by atoms with E-state index in [2.05, 4.69) is 10.3 Å². The zero-order valence-electron chi connectivity index (χ0n) is 15.4. The molecule has 1 amide bonds. The highest BCUT2D eigenvalue weighted by atomic mass is 16.4. The molecule has 0 bridgehead atoms. The highest BCUT2D eigenvalue weighted by molar-refractivity contribution is 5.81. The number of carbonyl (C=O) groups excluding carboxylic acids is 1. The molecule has 0 aliphatic rings. The number of fused-ring (bicyclic) bond motifs is 1. The van der Waals surface area contributed by atoms with Gasteiger partial charge >= 0.3 is 5.97 Å². The highest BCUT2D eigenvalue weighted by Crippen LogP contribution is 2.25. The second-order valence-corrected chi connectivity index (χ2v) is 6.53. The Kier molecular flexibility index (Phi) is 6.13. The Morgan fingerprint density at radius 3 is 2.58 bits per heavy atom. The van der Waals surface area contributed by atoms with Gasteiger partial charge < -0.3 is 10.4 Å². The number of benzene rings is 1. The Bertz CT molecular complexity index is 869. The number of amides is 1. The number of hydrogen-bond acceptors (Lipinski definition) is 4. The lowest BCUT2D eigenvalue weighted by molar-refractivity contribution is -0.149. The van der Waals surface area contributed by atoms with E-state index in [1.165, 1.54) is 10.9 Å². The largest absolute Gasteiger partial charge is 0.481 e. The molecule has 0 atom stereocenters. The molecule has 7 nitrogen and oxygen atoms in total. The summed E-state index contributed by atoms with van der Waals surface area (Å²) in [6.45, 7) is 5.76. The number of hydrogen-bond donors (Lipinski definition) is 2. The van der Waals surface area contributed by atoms with E-state index >= 15 is 0 Å². The van der Waals surface area contributed by atoms with Crippen molar-refractivity contribution in [3.05, 3.63) is 40.4 Å². The van der Waals surface area contributed by atoms with E-state index in [0.29, 0.717) is 23.7 Å². The van der Waals surface area contributed by atoms with Crippen LogP contribution < -0.4 is 10.9 Å². The van der Waals surface area contributed by atoms with Gasteiger partial charge in [-0.2, -0.15) is 0 Å². The SMILES string of the molecule is CCC(CC)(CNC(=O)CCn1cnc2c(C)cccc2c1=O)C(=O)O. The second-order valence-electron chi connectivity index (χ2n) is 6.53. The van der Waals surface area contributed by atoms with Crippen LogP contribution in [0, 0.1) is 12.3 Å². The monoisotopic (exact) mass is 359 g/mol. The number of carbonyl (C=O) groups is 2. The lowest BCUT2D eigenvalue weighted by atomic mass is 9.82. The van der Waals surface area contributed by atoms with Crippen molar-refractivity contribution < 1.29 is 14.7 Å². The number of rotatable bonds is 8. The fraction of sp³-hybridized carbons (Fsp3) is 0.474. The van der Waals surface area contributed by atoms with Crippen LogP contribution >= 0.6 is 0 Å². The summed E-state index contributed by atoms with van der Waals surface area (Å²) in [5.74, 6) is -1.19. The van der Waals surface area contributed by atoms with Crippen molar-refractivity contribution in [1.82, 2.24) is 14.9 Å². The third-order valence-corrected chi connectivity index (χ3v) is 5.07. The fourth-order valence-electron chi connectivity index (χ4n) is 2.95. The molecular weight excluding hydrogens is 334 g/mol. The van der Waals surface area contributed by atoms with Crippen LogP contribution in [0.1, 0.15) is 38.7 Å². The van der Waals surface area contributed by atoms with Crippen molar-refractivity contribution in [2.24, 2.45) is 5.41 Å². The molecule has 0 saturated carbocycles. The molecule has 0 unspecified atom stereocenters. The number of aryl methyl sites for hydroxylation is 2. The van der Waals surface area contributed by atoms with E-state index in [1.807, 2.05) is 13.0 Å². The van der Waals surface area contributed by atoms with Gasteiger partial charge in [0, 0.05) is 19.5 Å². The Morgan fingerprint density at radius 1 is 1.27 bits per heavy atom. The average Bonchev–Trinajstić information content (AvgIpc) is 2.63. The molecule has 0 saturated heterocycles. The minimum Gasteiger partial charge on any atom is -0.481 e. The molecule has 26 heavy (non-hydrogen) atoms. The summed E-state index contributed by atoms with van der Waals surface area (Å²) in [6.07, 6.45) is 2.41. The number of carboxylic acids is 1. The van der Waals surface area contributed by atoms with Gasteiger partial charge in [-0.1, -0.05) is 26.0 Å². The Hall–Kier alpha value is -2.70. The summed E-state index contributed by atoms with van der Waals surface area (Å²) in [5, 5.41) is 12.6. The van der Waals surface area contributed by atoms with Crippen molar-refractivity contribution in [2.45, 2.75) is 46.6 Å². The van der Waals surface area contributed by atoms with Gasteiger partial charge in [-0.05, 0) is 31.4 Å². The molecule has 0 aliphatic carbocycles. The van der Waals surface area contributed by atoms with E-state index in [4.69, 9.17) is 0 Å². The Morgan fingerprint density at radius 2 is 1.96 bits per heavy atom. The first-order valence-electron chi connectivity index (χ1n) is 8.79. The summed E-state index contributed by atoms with van der Waals surface area (Å²) in [7, 11) is 0. The van der Waals surface area contributed by atoms with Gasteiger partial charge in [-0.25, -0.2) is 4.98 Å². The Balaban J connectivity index is 2.04. The molecule has 0 radical (unpaired) electrons. The number of para-hydroxylation sites is 1. The molecule has 140 valence electrons. The fourth-order valence-corrected chi connectivity index (χ4v) is 2.95. The maximum atomic E-state index is 12.5. The number of aliphatic carboxylic acids is 1. The molecular formula is C19H25N3O4. The van der Waals surface area contributed by atoms with E-state index in [0.717, 1.165) is 5.56 Å². The van der Waals surface area contributed by atoms with Crippen LogP contribution in [-0.4, -0.2) is 33.1 Å². The number of nitrogens with one attached hydrogen (secondary N) is 1. The van der Waals surface area contributed by atoms with Crippen LogP contribution in [0.2, 0.25) is 0 Å². The van der Waals surface area contributed by atoms with Crippen LogP contribution in [0.25, 0.3) is 10.9 Å². The first kappa shape index (κ1) is 19.6. The van der Waals surface area contributed by atoms with Gasteiger partial charge in [0.25, 0.3) is 5.56 Å². The number of aromatic nitrogens is 2. The summed E-state index contributed by atoms with van der Waals surface area (Å²) in [6, 6.07) is 5.42. The second kappa shape index (κ2) is 8.12. The normalized spacial score (nSPS) is 11.5. The summed E-state index contributed by atoms with van der Waals surface area (Å²) in [4.78, 5) is 40.4. The molecule has 0 spiro atoms. The summed E-state index contributed by atoms with van der Waals surface area (Å²) in [5.41, 5.74) is 0.451. The average molecular weight is 359 g/mol. The minimum absolute atomic E-state index is 0.0816. The zero-order chi connectivity index (χ0) is 19.3. The first-order chi connectivity index (χ1) is 12.3. The highest BCUT2D eigenvalue weighted by Gasteiger charge is 2.35. The maximum absolute atomic E-state index is 12.5. The van der Waals surface area contributed by atoms with Crippen LogP contribution in [-0.2, 0) is 16.1 Å². The van der Waals surface area contributed by atoms with E-state index in [1.54, 1.807) is 26.0 Å². The quantitative estimate of drug-likeness (QED) is 0.752. The predicted molar refractivity (Wildman–Crippen MR) is 99.0 cm³/mol. The van der Waals surface area contributed by atoms with Crippen molar-refractivity contribution in [3.63, 3.8) is 0 Å². The minimum atomic E-state index is -0.950. The Labute approximate surface area is 152 Å². The summed E-state index contributed by atoms with van der Waals surface area (Å²) >= 11 is 0. The van der Waals surface area contributed by atoms with Gasteiger partial charge in [0.05, 0.1) is 22.6 Å².